The molecule has 1 aromatic heterocycles. The lowest BCUT2D eigenvalue weighted by molar-refractivity contribution is 0.217. The highest BCUT2D eigenvalue weighted by molar-refractivity contribution is 5.88. The average molecular weight is 237 g/mol. The van der Waals surface area contributed by atoms with Crippen molar-refractivity contribution in [1.29, 1.82) is 0 Å². The maximum absolute atomic E-state index is 11.8. The van der Waals surface area contributed by atoms with Gasteiger partial charge in [-0.25, -0.2) is 4.79 Å². The number of carbonyl (C=O) groups excluding carboxylic acids is 1. The van der Waals surface area contributed by atoms with Crippen molar-refractivity contribution < 1.29 is 9.53 Å². The normalized spacial score (nSPS) is 9.82. The van der Waals surface area contributed by atoms with E-state index in [1.54, 1.807) is 23.1 Å². The van der Waals surface area contributed by atoms with Crippen LogP contribution in [-0.4, -0.2) is 35.6 Å². The van der Waals surface area contributed by atoms with Gasteiger partial charge in [0.25, 0.3) is 0 Å². The number of urea groups is 1. The van der Waals surface area contributed by atoms with Gasteiger partial charge >= 0.3 is 6.03 Å². The summed E-state index contributed by atoms with van der Waals surface area (Å²) >= 11 is 0. The lowest BCUT2D eigenvalue weighted by atomic mass is 10.4. The van der Waals surface area contributed by atoms with Crippen LogP contribution in [0.4, 0.5) is 10.6 Å². The Kier molecular flexibility index (Phi) is 5.26. The van der Waals surface area contributed by atoms with Gasteiger partial charge in [-0.2, -0.15) is 4.98 Å². The monoisotopic (exact) mass is 237 g/mol. The molecule has 0 aliphatic heterocycles. The van der Waals surface area contributed by atoms with E-state index in [0.717, 1.165) is 0 Å². The number of hydrogen-bond donors (Lipinski definition) is 1. The number of anilines is 1. The number of carbonyl (C=O) groups is 1. The third kappa shape index (κ3) is 3.94. The van der Waals surface area contributed by atoms with Gasteiger partial charge in [0.2, 0.25) is 5.88 Å². The van der Waals surface area contributed by atoms with E-state index < -0.39 is 0 Å². The van der Waals surface area contributed by atoms with Crippen molar-refractivity contribution in [3.8, 4) is 5.88 Å². The average Bonchev–Trinajstić information content (AvgIpc) is 2.31. The third-order valence-corrected chi connectivity index (χ3v) is 2.30. The van der Waals surface area contributed by atoms with Gasteiger partial charge < -0.3 is 9.64 Å². The molecule has 0 spiro atoms. The number of amides is 2. The largest absolute Gasteiger partial charge is 0.478 e. The SMILES string of the molecule is CCOc1cccc(NC(=O)N(CC)CC)n1. The Morgan fingerprint density at radius 1 is 1.35 bits per heavy atom. The summed E-state index contributed by atoms with van der Waals surface area (Å²) in [6.45, 7) is 7.67. The van der Waals surface area contributed by atoms with Crippen molar-refractivity contribution in [3.63, 3.8) is 0 Å². The molecule has 1 heterocycles. The third-order valence-electron chi connectivity index (χ3n) is 2.30. The Balaban J connectivity index is 2.67. The van der Waals surface area contributed by atoms with Crippen LogP contribution in [0.2, 0.25) is 0 Å². The van der Waals surface area contributed by atoms with E-state index in [9.17, 15) is 4.79 Å². The molecule has 0 saturated carbocycles. The molecule has 2 amide bonds. The zero-order valence-corrected chi connectivity index (χ0v) is 10.6. The molecule has 0 atom stereocenters. The second-order valence-corrected chi connectivity index (χ2v) is 3.40. The maximum Gasteiger partial charge on any atom is 0.322 e. The number of hydrogen-bond acceptors (Lipinski definition) is 3. The lowest BCUT2D eigenvalue weighted by Crippen LogP contribution is -2.34. The molecular formula is C12H19N3O2. The topological polar surface area (TPSA) is 54.5 Å². The van der Waals surface area contributed by atoms with Gasteiger partial charge in [0.15, 0.2) is 0 Å². The van der Waals surface area contributed by atoms with E-state index in [1.165, 1.54) is 0 Å². The summed E-state index contributed by atoms with van der Waals surface area (Å²) in [6, 6.07) is 5.16. The molecule has 0 radical (unpaired) electrons. The quantitative estimate of drug-likeness (QED) is 0.855. The summed E-state index contributed by atoms with van der Waals surface area (Å²) in [4.78, 5) is 17.6. The zero-order valence-electron chi connectivity index (χ0n) is 10.6. The Labute approximate surface area is 102 Å². The first-order valence-corrected chi connectivity index (χ1v) is 5.87. The van der Waals surface area contributed by atoms with E-state index in [1.807, 2.05) is 20.8 Å². The predicted octanol–water partition coefficient (Wildman–Crippen LogP) is 2.35. The van der Waals surface area contributed by atoms with Crippen LogP contribution in [0.15, 0.2) is 18.2 Å². The maximum atomic E-state index is 11.8. The molecular weight excluding hydrogens is 218 g/mol. The number of pyridine rings is 1. The van der Waals surface area contributed by atoms with Crippen LogP contribution in [0.5, 0.6) is 5.88 Å². The Morgan fingerprint density at radius 3 is 2.65 bits per heavy atom. The summed E-state index contributed by atoms with van der Waals surface area (Å²) in [5, 5.41) is 2.74. The second kappa shape index (κ2) is 6.73. The highest BCUT2D eigenvalue weighted by Crippen LogP contribution is 2.11. The van der Waals surface area contributed by atoms with Crippen molar-refractivity contribution in [3.05, 3.63) is 18.2 Å². The summed E-state index contributed by atoms with van der Waals surface area (Å²) in [5.41, 5.74) is 0. The first kappa shape index (κ1) is 13.3. The summed E-state index contributed by atoms with van der Waals surface area (Å²) in [7, 11) is 0. The minimum Gasteiger partial charge on any atom is -0.478 e. The molecule has 5 heteroatoms. The first-order chi connectivity index (χ1) is 8.21. The smallest absolute Gasteiger partial charge is 0.322 e. The van der Waals surface area contributed by atoms with Crippen LogP contribution >= 0.6 is 0 Å². The second-order valence-electron chi connectivity index (χ2n) is 3.40. The molecule has 94 valence electrons. The van der Waals surface area contributed by atoms with Crippen LogP contribution in [-0.2, 0) is 0 Å². The highest BCUT2D eigenvalue weighted by Gasteiger charge is 2.10. The van der Waals surface area contributed by atoms with Gasteiger partial charge in [0, 0.05) is 19.2 Å². The van der Waals surface area contributed by atoms with Crippen LogP contribution in [0, 0.1) is 0 Å². The van der Waals surface area contributed by atoms with Gasteiger partial charge in [-0.05, 0) is 26.8 Å². The molecule has 1 rings (SSSR count). The molecule has 0 unspecified atom stereocenters. The van der Waals surface area contributed by atoms with Crippen molar-refractivity contribution >= 4 is 11.8 Å². The lowest BCUT2D eigenvalue weighted by Gasteiger charge is -2.18. The van der Waals surface area contributed by atoms with E-state index in [0.29, 0.717) is 31.4 Å². The van der Waals surface area contributed by atoms with Crippen LogP contribution in [0.1, 0.15) is 20.8 Å². The summed E-state index contributed by atoms with van der Waals surface area (Å²) in [5.74, 6) is 1.03. The van der Waals surface area contributed by atoms with E-state index in [4.69, 9.17) is 4.74 Å². The zero-order chi connectivity index (χ0) is 12.7. The number of nitrogens with zero attached hydrogens (tertiary/aromatic N) is 2. The van der Waals surface area contributed by atoms with E-state index in [2.05, 4.69) is 10.3 Å². The fourth-order valence-electron chi connectivity index (χ4n) is 1.41. The number of ether oxygens (including phenoxy) is 1. The molecule has 0 saturated heterocycles. The minimum absolute atomic E-state index is 0.142. The van der Waals surface area contributed by atoms with Gasteiger partial charge in [-0.15, -0.1) is 0 Å². The molecule has 0 aliphatic rings. The Hall–Kier alpha value is -1.78. The number of aromatic nitrogens is 1. The minimum atomic E-state index is -0.142. The van der Waals surface area contributed by atoms with E-state index >= 15 is 0 Å². The number of rotatable bonds is 5. The van der Waals surface area contributed by atoms with Gasteiger partial charge in [-0.1, -0.05) is 6.07 Å². The van der Waals surface area contributed by atoms with Crippen molar-refractivity contribution in [2.24, 2.45) is 0 Å². The number of nitrogens with one attached hydrogen (secondary N) is 1. The highest BCUT2D eigenvalue weighted by atomic mass is 16.5. The Morgan fingerprint density at radius 2 is 2.06 bits per heavy atom. The van der Waals surface area contributed by atoms with Crippen LogP contribution < -0.4 is 10.1 Å². The summed E-state index contributed by atoms with van der Waals surface area (Å²) < 4.78 is 5.27. The summed E-state index contributed by atoms with van der Waals surface area (Å²) in [6.07, 6.45) is 0. The van der Waals surface area contributed by atoms with Crippen LogP contribution in [0.3, 0.4) is 0 Å². The van der Waals surface area contributed by atoms with Gasteiger partial charge in [0.05, 0.1) is 6.61 Å². The molecule has 0 bridgehead atoms. The first-order valence-electron chi connectivity index (χ1n) is 5.87. The molecule has 5 nitrogen and oxygen atoms in total. The van der Waals surface area contributed by atoms with Crippen molar-refractivity contribution in [2.75, 3.05) is 25.0 Å². The van der Waals surface area contributed by atoms with Crippen LogP contribution in [0.25, 0.3) is 0 Å². The van der Waals surface area contributed by atoms with Crippen molar-refractivity contribution in [2.45, 2.75) is 20.8 Å². The molecule has 1 N–H and O–H groups in total. The molecule has 17 heavy (non-hydrogen) atoms. The van der Waals surface area contributed by atoms with E-state index in [-0.39, 0.29) is 6.03 Å². The fourth-order valence-corrected chi connectivity index (χ4v) is 1.41. The predicted molar refractivity (Wildman–Crippen MR) is 67.3 cm³/mol. The van der Waals surface area contributed by atoms with Gasteiger partial charge in [0.1, 0.15) is 5.82 Å². The standard InChI is InChI=1S/C12H19N3O2/c1-4-15(5-2)12(16)14-10-8-7-9-11(13-10)17-6-3/h7-9H,4-6H2,1-3H3,(H,13,14,16). The molecule has 0 aromatic carbocycles. The van der Waals surface area contributed by atoms with Crippen molar-refractivity contribution in [1.82, 2.24) is 9.88 Å². The molecule has 0 fully saturated rings. The molecule has 1 aromatic rings. The Bertz CT molecular complexity index is 365. The van der Waals surface area contributed by atoms with Gasteiger partial charge in [-0.3, -0.25) is 5.32 Å². The molecule has 0 aliphatic carbocycles. The fraction of sp³-hybridized carbons (Fsp3) is 0.500.